The molecule has 0 heterocycles. The maximum absolute atomic E-state index is 13.2. The van der Waals surface area contributed by atoms with Gasteiger partial charge < -0.3 is 5.73 Å². The van der Waals surface area contributed by atoms with Crippen molar-refractivity contribution >= 4 is 31.6 Å². The van der Waals surface area contributed by atoms with Gasteiger partial charge in [-0.1, -0.05) is 20.3 Å². The molecule has 0 spiro atoms. The summed E-state index contributed by atoms with van der Waals surface area (Å²) in [4.78, 5) is -0.0408. The van der Waals surface area contributed by atoms with Gasteiger partial charge in [0.15, 0.2) is 0 Å². The molecule has 0 aliphatic heterocycles. The lowest BCUT2D eigenvalue weighted by Gasteiger charge is -2.17. The molecule has 3 N–H and O–H groups in total. The van der Waals surface area contributed by atoms with Crippen LogP contribution in [0.5, 0.6) is 0 Å². The van der Waals surface area contributed by atoms with Gasteiger partial charge in [-0.05, 0) is 40.9 Å². The lowest BCUT2D eigenvalue weighted by molar-refractivity contribution is 0.512. The highest BCUT2D eigenvalue weighted by Crippen LogP contribution is 2.27. The van der Waals surface area contributed by atoms with Crippen LogP contribution in [0.2, 0.25) is 0 Å². The zero-order valence-electron chi connectivity index (χ0n) is 10.9. The molecule has 0 saturated heterocycles. The number of anilines is 1. The summed E-state index contributed by atoms with van der Waals surface area (Å²) in [5.41, 5.74) is 5.23. The number of rotatable bonds is 6. The Labute approximate surface area is 121 Å². The average molecular weight is 353 g/mol. The zero-order valence-corrected chi connectivity index (χ0v) is 13.3. The highest BCUT2D eigenvalue weighted by Gasteiger charge is 2.22. The molecule has 1 unspecified atom stereocenters. The molecule has 1 atom stereocenters. The van der Waals surface area contributed by atoms with Gasteiger partial charge in [0.25, 0.3) is 0 Å². The van der Waals surface area contributed by atoms with Crippen LogP contribution in [-0.2, 0) is 10.0 Å². The van der Waals surface area contributed by atoms with E-state index in [2.05, 4.69) is 20.7 Å². The molecule has 0 aliphatic rings. The number of halogens is 2. The minimum atomic E-state index is -3.71. The second-order valence-electron chi connectivity index (χ2n) is 4.32. The monoisotopic (exact) mass is 352 g/mol. The van der Waals surface area contributed by atoms with Crippen LogP contribution in [0.4, 0.5) is 10.1 Å². The van der Waals surface area contributed by atoms with Crippen molar-refractivity contribution in [2.45, 2.75) is 44.0 Å². The van der Waals surface area contributed by atoms with Gasteiger partial charge in [-0.2, -0.15) is 0 Å². The number of nitrogen functional groups attached to an aromatic ring is 1. The highest BCUT2D eigenvalue weighted by molar-refractivity contribution is 9.10. The molecule has 108 valence electrons. The topological polar surface area (TPSA) is 72.2 Å². The molecule has 1 aromatic carbocycles. The smallest absolute Gasteiger partial charge is 0.242 e. The quantitative estimate of drug-likeness (QED) is 0.772. The van der Waals surface area contributed by atoms with Crippen molar-refractivity contribution < 1.29 is 12.8 Å². The van der Waals surface area contributed by atoms with E-state index in [1.54, 1.807) is 0 Å². The van der Waals surface area contributed by atoms with Crippen LogP contribution < -0.4 is 10.5 Å². The summed E-state index contributed by atoms with van der Waals surface area (Å²) in [5, 5.41) is 0. The molecule has 7 heteroatoms. The van der Waals surface area contributed by atoms with Gasteiger partial charge >= 0.3 is 0 Å². The van der Waals surface area contributed by atoms with Gasteiger partial charge in [0.05, 0.1) is 10.6 Å². The van der Waals surface area contributed by atoms with Crippen LogP contribution in [0.25, 0.3) is 0 Å². The Morgan fingerprint density at radius 3 is 2.58 bits per heavy atom. The number of benzene rings is 1. The van der Waals surface area contributed by atoms with Gasteiger partial charge in [-0.3, -0.25) is 0 Å². The summed E-state index contributed by atoms with van der Waals surface area (Å²) >= 11 is 3.05. The summed E-state index contributed by atoms with van der Waals surface area (Å²) in [7, 11) is -3.71. The second-order valence-corrected chi connectivity index (χ2v) is 6.86. The molecule has 0 aromatic heterocycles. The minimum absolute atomic E-state index is 0.0408. The lowest BCUT2D eigenvalue weighted by Crippen LogP contribution is -2.34. The van der Waals surface area contributed by atoms with Crippen LogP contribution in [0.15, 0.2) is 21.5 Å². The predicted octanol–water partition coefficient (Wildman–Crippen LogP) is 3.03. The van der Waals surface area contributed by atoms with Gasteiger partial charge in [-0.15, -0.1) is 0 Å². The van der Waals surface area contributed by atoms with E-state index in [1.165, 1.54) is 0 Å². The molecular weight excluding hydrogens is 335 g/mol. The van der Waals surface area contributed by atoms with E-state index in [-0.39, 0.29) is 21.1 Å². The fourth-order valence-corrected chi connectivity index (χ4v) is 4.13. The van der Waals surface area contributed by atoms with E-state index in [4.69, 9.17) is 5.73 Å². The van der Waals surface area contributed by atoms with Crippen molar-refractivity contribution in [3.05, 3.63) is 22.4 Å². The first-order chi connectivity index (χ1) is 8.81. The Kier molecular flexibility index (Phi) is 5.76. The minimum Gasteiger partial charge on any atom is -0.396 e. The third-order valence-corrected chi connectivity index (χ3v) is 5.27. The SMILES string of the molecule is CCCC(CC)NS(=O)(=O)c1cc(N)c(F)cc1Br. The molecular formula is C12H18BrFN2O2S. The number of nitrogens with two attached hydrogens (primary N) is 1. The molecule has 19 heavy (non-hydrogen) atoms. The Hall–Kier alpha value is -0.660. The first kappa shape index (κ1) is 16.4. The van der Waals surface area contributed by atoms with Gasteiger partial charge in [0, 0.05) is 10.5 Å². The largest absolute Gasteiger partial charge is 0.396 e. The standard InChI is InChI=1S/C12H18BrFN2O2S/c1-3-5-8(4-2)16-19(17,18)12-7-11(15)10(14)6-9(12)13/h6-8,16H,3-5,15H2,1-2H3. The molecule has 0 fully saturated rings. The predicted molar refractivity (Wildman–Crippen MR) is 77.8 cm³/mol. The molecule has 0 aliphatic carbocycles. The van der Waals surface area contributed by atoms with E-state index in [0.717, 1.165) is 25.0 Å². The average Bonchev–Trinajstić information content (AvgIpc) is 2.32. The van der Waals surface area contributed by atoms with E-state index in [1.807, 2.05) is 13.8 Å². The maximum Gasteiger partial charge on any atom is 0.242 e. The van der Waals surface area contributed by atoms with Crippen LogP contribution in [-0.4, -0.2) is 14.5 Å². The fraction of sp³-hybridized carbons (Fsp3) is 0.500. The first-order valence-electron chi connectivity index (χ1n) is 6.08. The normalized spacial score (nSPS) is 13.5. The number of hydrogen-bond acceptors (Lipinski definition) is 3. The number of hydrogen-bond donors (Lipinski definition) is 2. The summed E-state index contributed by atoms with van der Waals surface area (Å²) < 4.78 is 40.5. The van der Waals surface area contributed by atoms with E-state index < -0.39 is 15.8 Å². The van der Waals surface area contributed by atoms with E-state index in [9.17, 15) is 12.8 Å². The molecule has 0 bridgehead atoms. The molecule has 0 radical (unpaired) electrons. The van der Waals surface area contributed by atoms with Crippen molar-refractivity contribution in [3.63, 3.8) is 0 Å². The molecule has 0 amide bonds. The highest BCUT2D eigenvalue weighted by atomic mass is 79.9. The summed E-state index contributed by atoms with van der Waals surface area (Å²) in [6, 6.07) is 2.05. The summed E-state index contributed by atoms with van der Waals surface area (Å²) in [6.07, 6.45) is 2.33. The van der Waals surface area contributed by atoms with Crippen LogP contribution in [0.3, 0.4) is 0 Å². The zero-order chi connectivity index (χ0) is 14.6. The lowest BCUT2D eigenvalue weighted by atomic mass is 10.1. The first-order valence-corrected chi connectivity index (χ1v) is 8.36. The Bertz CT molecular complexity index is 549. The van der Waals surface area contributed by atoms with Crippen molar-refractivity contribution in [2.75, 3.05) is 5.73 Å². The van der Waals surface area contributed by atoms with Gasteiger partial charge in [-0.25, -0.2) is 17.5 Å². The van der Waals surface area contributed by atoms with Crippen LogP contribution in [0, 0.1) is 5.82 Å². The third-order valence-electron chi connectivity index (χ3n) is 2.79. The van der Waals surface area contributed by atoms with Gasteiger partial charge in [0.1, 0.15) is 5.82 Å². The maximum atomic E-state index is 13.2. The summed E-state index contributed by atoms with van der Waals surface area (Å²) in [6.45, 7) is 3.90. The van der Waals surface area contributed by atoms with E-state index >= 15 is 0 Å². The Morgan fingerprint density at radius 2 is 2.05 bits per heavy atom. The molecule has 1 rings (SSSR count). The second kappa shape index (κ2) is 6.67. The van der Waals surface area contributed by atoms with Crippen molar-refractivity contribution in [3.8, 4) is 0 Å². The molecule has 0 saturated carbocycles. The Balaban J connectivity index is 3.10. The van der Waals surface area contributed by atoms with Crippen molar-refractivity contribution in [1.29, 1.82) is 0 Å². The van der Waals surface area contributed by atoms with Crippen LogP contribution in [0.1, 0.15) is 33.1 Å². The third kappa shape index (κ3) is 4.15. The van der Waals surface area contributed by atoms with Crippen LogP contribution >= 0.6 is 15.9 Å². The van der Waals surface area contributed by atoms with Crippen molar-refractivity contribution in [1.82, 2.24) is 4.72 Å². The van der Waals surface area contributed by atoms with Gasteiger partial charge in [0.2, 0.25) is 10.0 Å². The Morgan fingerprint density at radius 1 is 1.42 bits per heavy atom. The number of sulfonamides is 1. The molecule has 1 aromatic rings. The van der Waals surface area contributed by atoms with Crippen molar-refractivity contribution in [2.24, 2.45) is 0 Å². The molecule has 4 nitrogen and oxygen atoms in total. The fourth-order valence-electron chi connectivity index (χ4n) is 1.73. The number of nitrogens with one attached hydrogen (secondary N) is 1. The van der Waals surface area contributed by atoms with E-state index in [0.29, 0.717) is 6.42 Å². The summed E-state index contributed by atoms with van der Waals surface area (Å²) in [5.74, 6) is -0.647.